The van der Waals surface area contributed by atoms with Gasteiger partial charge in [-0.25, -0.2) is 0 Å². The second-order valence-corrected chi connectivity index (χ2v) is 8.59. The Morgan fingerprint density at radius 2 is 2.03 bits per heavy atom. The minimum absolute atomic E-state index is 0.196. The molecule has 0 radical (unpaired) electrons. The SMILES string of the molecule is CCN1CC=C(c2ccc3c(c2)C(Nc2ccc(Cl)cc2)CCN/C3=C(/C)N)CC1. The predicted octanol–water partition coefficient (Wildman–Crippen LogP) is 5.24. The number of nitrogens with one attached hydrogen (secondary N) is 2. The molecule has 0 spiro atoms. The fraction of sp³-hybridized carbons (Fsp3) is 0.360. The fourth-order valence-electron chi connectivity index (χ4n) is 4.38. The second-order valence-electron chi connectivity index (χ2n) is 8.15. The lowest BCUT2D eigenvalue weighted by Crippen LogP contribution is -2.28. The van der Waals surface area contributed by atoms with Crippen molar-refractivity contribution in [3.8, 4) is 0 Å². The van der Waals surface area contributed by atoms with E-state index in [-0.39, 0.29) is 6.04 Å². The van der Waals surface area contributed by atoms with E-state index in [1.807, 2.05) is 31.2 Å². The molecule has 30 heavy (non-hydrogen) atoms. The van der Waals surface area contributed by atoms with E-state index in [1.165, 1.54) is 22.3 Å². The van der Waals surface area contributed by atoms with Crippen LogP contribution in [-0.4, -0.2) is 31.1 Å². The number of likely N-dealkylation sites (N-methyl/N-ethyl adjacent to an activating group) is 1. The monoisotopic (exact) mass is 422 g/mol. The Morgan fingerprint density at radius 3 is 2.70 bits per heavy atom. The third kappa shape index (κ3) is 4.50. The molecule has 4 N–H and O–H groups in total. The summed E-state index contributed by atoms with van der Waals surface area (Å²) in [5, 5.41) is 8.02. The Balaban J connectivity index is 1.72. The van der Waals surface area contributed by atoms with Gasteiger partial charge in [0.2, 0.25) is 0 Å². The molecule has 1 atom stereocenters. The van der Waals surface area contributed by atoms with E-state index in [0.29, 0.717) is 0 Å². The van der Waals surface area contributed by atoms with Crippen LogP contribution in [0.25, 0.3) is 11.3 Å². The minimum atomic E-state index is 0.196. The van der Waals surface area contributed by atoms with E-state index in [2.05, 4.69) is 46.7 Å². The molecule has 4 nitrogen and oxygen atoms in total. The van der Waals surface area contributed by atoms with Crippen LogP contribution in [0.15, 0.2) is 54.2 Å². The van der Waals surface area contributed by atoms with Gasteiger partial charge in [-0.15, -0.1) is 0 Å². The van der Waals surface area contributed by atoms with Gasteiger partial charge in [-0.1, -0.05) is 36.7 Å². The van der Waals surface area contributed by atoms with E-state index in [4.69, 9.17) is 17.3 Å². The lowest BCUT2D eigenvalue weighted by Gasteiger charge is -2.26. The molecule has 2 aromatic rings. The molecule has 0 saturated heterocycles. The maximum absolute atomic E-state index is 6.24. The smallest absolute Gasteiger partial charge is 0.0605 e. The summed E-state index contributed by atoms with van der Waals surface area (Å²) in [5.74, 6) is 0. The lowest BCUT2D eigenvalue weighted by molar-refractivity contribution is 0.319. The van der Waals surface area contributed by atoms with Gasteiger partial charge in [0.05, 0.1) is 11.7 Å². The van der Waals surface area contributed by atoms with Crippen molar-refractivity contribution in [3.05, 3.63) is 76.0 Å². The quantitative estimate of drug-likeness (QED) is 0.630. The first-order valence-corrected chi connectivity index (χ1v) is 11.2. The number of allylic oxidation sites excluding steroid dienone is 1. The highest BCUT2D eigenvalue weighted by Gasteiger charge is 2.23. The third-order valence-corrected chi connectivity index (χ3v) is 6.37. The summed E-state index contributed by atoms with van der Waals surface area (Å²) in [6.45, 7) is 8.33. The van der Waals surface area contributed by atoms with Crippen LogP contribution in [0.4, 0.5) is 5.69 Å². The first-order valence-electron chi connectivity index (χ1n) is 10.8. The Bertz CT molecular complexity index is 958. The predicted molar refractivity (Wildman–Crippen MR) is 128 cm³/mol. The van der Waals surface area contributed by atoms with E-state index < -0.39 is 0 Å². The van der Waals surface area contributed by atoms with Crippen molar-refractivity contribution in [1.29, 1.82) is 0 Å². The molecular formula is C25H31ClN4. The number of benzene rings is 2. The summed E-state index contributed by atoms with van der Waals surface area (Å²) < 4.78 is 0. The fourth-order valence-corrected chi connectivity index (χ4v) is 4.51. The maximum atomic E-state index is 6.24. The van der Waals surface area contributed by atoms with Crippen molar-refractivity contribution >= 4 is 28.6 Å². The zero-order valence-electron chi connectivity index (χ0n) is 17.8. The van der Waals surface area contributed by atoms with Crippen molar-refractivity contribution in [3.63, 3.8) is 0 Å². The van der Waals surface area contributed by atoms with Crippen molar-refractivity contribution in [1.82, 2.24) is 10.2 Å². The average molecular weight is 423 g/mol. The molecule has 1 unspecified atom stereocenters. The zero-order chi connectivity index (χ0) is 21.1. The summed E-state index contributed by atoms with van der Waals surface area (Å²) in [4.78, 5) is 2.47. The van der Waals surface area contributed by atoms with Crippen LogP contribution in [0.1, 0.15) is 49.4 Å². The van der Waals surface area contributed by atoms with Crippen molar-refractivity contribution in [2.45, 2.75) is 32.7 Å². The van der Waals surface area contributed by atoms with Gasteiger partial charge in [0.25, 0.3) is 0 Å². The normalized spacial score (nSPS) is 21.2. The maximum Gasteiger partial charge on any atom is 0.0605 e. The molecule has 5 heteroatoms. The molecule has 0 aromatic heterocycles. The van der Waals surface area contributed by atoms with Crippen LogP contribution in [-0.2, 0) is 0 Å². The van der Waals surface area contributed by atoms with Gasteiger partial charge >= 0.3 is 0 Å². The van der Waals surface area contributed by atoms with Gasteiger partial charge in [0.1, 0.15) is 0 Å². The first kappa shape index (κ1) is 20.8. The van der Waals surface area contributed by atoms with E-state index >= 15 is 0 Å². The summed E-state index contributed by atoms with van der Waals surface area (Å²) in [7, 11) is 0. The molecule has 2 aliphatic heterocycles. The Kier molecular flexibility index (Phi) is 6.35. The van der Waals surface area contributed by atoms with Crippen LogP contribution in [0, 0.1) is 0 Å². The molecule has 0 saturated carbocycles. The van der Waals surface area contributed by atoms with Gasteiger partial charge in [-0.05, 0) is 73.3 Å². The molecule has 0 aliphatic carbocycles. The van der Waals surface area contributed by atoms with Gasteiger partial charge < -0.3 is 16.4 Å². The van der Waals surface area contributed by atoms with E-state index in [1.54, 1.807) is 0 Å². The number of nitrogens with two attached hydrogens (primary N) is 1. The summed E-state index contributed by atoms with van der Waals surface area (Å²) in [6, 6.07) is 15.0. The van der Waals surface area contributed by atoms with Crippen molar-refractivity contribution in [2.75, 3.05) is 31.5 Å². The van der Waals surface area contributed by atoms with Crippen LogP contribution in [0.3, 0.4) is 0 Å². The lowest BCUT2D eigenvalue weighted by atomic mass is 9.90. The number of hydrogen-bond acceptors (Lipinski definition) is 4. The highest BCUT2D eigenvalue weighted by Crippen LogP contribution is 2.35. The Morgan fingerprint density at radius 1 is 1.23 bits per heavy atom. The van der Waals surface area contributed by atoms with Crippen LogP contribution >= 0.6 is 11.6 Å². The van der Waals surface area contributed by atoms with Crippen LogP contribution < -0.4 is 16.4 Å². The van der Waals surface area contributed by atoms with Gasteiger partial charge in [-0.2, -0.15) is 0 Å². The molecule has 2 aromatic carbocycles. The largest absolute Gasteiger partial charge is 0.401 e. The number of anilines is 1. The molecule has 0 amide bonds. The highest BCUT2D eigenvalue weighted by molar-refractivity contribution is 6.30. The Labute approximate surface area is 184 Å². The molecule has 2 heterocycles. The number of hydrogen-bond donors (Lipinski definition) is 3. The first-order chi connectivity index (χ1) is 14.5. The van der Waals surface area contributed by atoms with Crippen LogP contribution in [0.5, 0.6) is 0 Å². The van der Waals surface area contributed by atoms with Gasteiger partial charge in [0, 0.05) is 41.6 Å². The number of rotatable bonds is 4. The molecule has 0 bridgehead atoms. The molecule has 4 rings (SSSR count). The van der Waals surface area contributed by atoms with Gasteiger partial charge in [-0.3, -0.25) is 4.90 Å². The molecule has 0 fully saturated rings. The highest BCUT2D eigenvalue weighted by atomic mass is 35.5. The number of halogens is 1. The summed E-state index contributed by atoms with van der Waals surface area (Å²) >= 11 is 6.08. The van der Waals surface area contributed by atoms with Crippen molar-refractivity contribution < 1.29 is 0 Å². The van der Waals surface area contributed by atoms with E-state index in [0.717, 1.165) is 61.1 Å². The van der Waals surface area contributed by atoms with Gasteiger partial charge in [0.15, 0.2) is 0 Å². The zero-order valence-corrected chi connectivity index (χ0v) is 18.6. The molecular weight excluding hydrogens is 392 g/mol. The molecule has 158 valence electrons. The Hall–Kier alpha value is -2.43. The second kappa shape index (κ2) is 9.15. The minimum Gasteiger partial charge on any atom is -0.401 e. The third-order valence-electron chi connectivity index (χ3n) is 6.12. The summed E-state index contributed by atoms with van der Waals surface area (Å²) in [6.07, 6.45) is 4.45. The number of fused-ring (bicyclic) bond motifs is 1. The molecule has 2 aliphatic rings. The topological polar surface area (TPSA) is 53.3 Å². The average Bonchev–Trinajstić information content (AvgIpc) is 2.94. The number of nitrogens with zero attached hydrogens (tertiary/aromatic N) is 1. The van der Waals surface area contributed by atoms with Crippen molar-refractivity contribution in [2.24, 2.45) is 5.73 Å². The standard InChI is InChI=1S/C25H31ClN4/c1-3-30-14-11-18(12-15-30)19-4-9-22-23(16-19)24(10-13-28-25(22)17(2)27)29-21-7-5-20(26)6-8-21/h4-9,11,16,24,28-29H,3,10,12-15,27H2,1-2H3/b25-17-. The van der Waals surface area contributed by atoms with E-state index in [9.17, 15) is 0 Å². The van der Waals surface area contributed by atoms with Crippen LogP contribution in [0.2, 0.25) is 5.02 Å². The summed E-state index contributed by atoms with van der Waals surface area (Å²) in [5.41, 5.74) is 14.4.